The number of nitrogens with one attached hydrogen (secondary N) is 1. The second-order valence-corrected chi connectivity index (χ2v) is 7.27. The van der Waals surface area contributed by atoms with Gasteiger partial charge in [0.1, 0.15) is 0 Å². The van der Waals surface area contributed by atoms with Gasteiger partial charge in [0.05, 0.1) is 15.3 Å². The lowest BCUT2D eigenvalue weighted by atomic mass is 10.0. The summed E-state index contributed by atoms with van der Waals surface area (Å²) in [6, 6.07) is 5.95. The van der Waals surface area contributed by atoms with Gasteiger partial charge in [-0.05, 0) is 40.9 Å². The maximum absolute atomic E-state index is 12.1. The third-order valence-electron chi connectivity index (χ3n) is 3.51. The second kappa shape index (κ2) is 6.26. The summed E-state index contributed by atoms with van der Waals surface area (Å²) in [7, 11) is 0. The Kier molecular flexibility index (Phi) is 4.41. The molecule has 3 heterocycles. The van der Waals surface area contributed by atoms with Crippen molar-refractivity contribution in [1.29, 1.82) is 0 Å². The Hall–Kier alpha value is -0.880. The van der Waals surface area contributed by atoms with Gasteiger partial charge < -0.3 is 5.32 Å². The van der Waals surface area contributed by atoms with E-state index in [4.69, 9.17) is 11.6 Å². The molecule has 1 amide bonds. The van der Waals surface area contributed by atoms with Crippen molar-refractivity contribution < 1.29 is 4.79 Å². The van der Waals surface area contributed by atoms with E-state index in [0.717, 1.165) is 13.1 Å². The molecule has 1 saturated heterocycles. The van der Waals surface area contributed by atoms with Crippen LogP contribution in [-0.4, -0.2) is 30.4 Å². The zero-order chi connectivity index (χ0) is 13.9. The highest BCUT2D eigenvalue weighted by Gasteiger charge is 2.26. The van der Waals surface area contributed by atoms with E-state index >= 15 is 0 Å². The van der Waals surface area contributed by atoms with Crippen LogP contribution in [0, 0.1) is 0 Å². The molecule has 3 nitrogen and oxygen atoms in total. The fourth-order valence-electron chi connectivity index (χ4n) is 2.29. The maximum atomic E-state index is 12.1. The molecule has 6 heteroatoms. The van der Waals surface area contributed by atoms with Crippen LogP contribution < -0.4 is 5.32 Å². The molecule has 0 unspecified atom stereocenters. The van der Waals surface area contributed by atoms with Crippen LogP contribution in [0.15, 0.2) is 29.0 Å². The summed E-state index contributed by atoms with van der Waals surface area (Å²) < 4.78 is 0.646. The maximum Gasteiger partial charge on any atom is 0.261 e. The molecular weight excluding hydrogens is 312 g/mol. The van der Waals surface area contributed by atoms with Crippen molar-refractivity contribution in [3.8, 4) is 0 Å². The summed E-state index contributed by atoms with van der Waals surface area (Å²) in [6.45, 7) is 2.87. The number of hydrogen-bond acceptors (Lipinski definition) is 4. The first-order valence-corrected chi connectivity index (χ1v) is 8.67. The number of amides is 1. The summed E-state index contributed by atoms with van der Waals surface area (Å²) in [6.07, 6.45) is 1.25. The monoisotopic (exact) mass is 326 g/mol. The number of hydrogen-bond donors (Lipinski definition) is 1. The quantitative estimate of drug-likeness (QED) is 0.909. The Morgan fingerprint density at radius 2 is 2.25 bits per heavy atom. The Morgan fingerprint density at radius 3 is 2.80 bits per heavy atom. The second-order valence-electron chi connectivity index (χ2n) is 4.78. The van der Waals surface area contributed by atoms with Crippen LogP contribution in [0.3, 0.4) is 0 Å². The van der Waals surface area contributed by atoms with Crippen molar-refractivity contribution >= 4 is 40.2 Å². The number of rotatable bonds is 5. The molecule has 1 aliphatic rings. The summed E-state index contributed by atoms with van der Waals surface area (Å²) >= 11 is 8.88. The topological polar surface area (TPSA) is 32.3 Å². The molecular formula is C14H15ClN2OS2. The van der Waals surface area contributed by atoms with Crippen LogP contribution in [0.25, 0.3) is 0 Å². The number of carbonyl (C=O) groups excluding carboxylic acids is 1. The van der Waals surface area contributed by atoms with E-state index in [2.05, 4.69) is 27.0 Å². The molecule has 3 rings (SSSR count). The van der Waals surface area contributed by atoms with E-state index in [1.807, 2.05) is 0 Å². The molecule has 1 N–H and O–H groups in total. The predicted molar refractivity (Wildman–Crippen MR) is 84.9 cm³/mol. The molecule has 1 aliphatic heterocycles. The van der Waals surface area contributed by atoms with E-state index in [9.17, 15) is 4.79 Å². The SMILES string of the molecule is O=C(NC[C@@H](c1ccsc1)N1CCC1)c1ccc(Cl)s1. The van der Waals surface area contributed by atoms with Crippen LogP contribution in [0.1, 0.15) is 27.7 Å². The fourth-order valence-corrected chi connectivity index (χ4v) is 3.95. The van der Waals surface area contributed by atoms with E-state index in [1.54, 1.807) is 23.5 Å². The summed E-state index contributed by atoms with van der Waals surface area (Å²) in [5, 5.41) is 7.28. The molecule has 0 radical (unpaired) electrons. The van der Waals surface area contributed by atoms with Gasteiger partial charge in [0.25, 0.3) is 5.91 Å². The molecule has 106 valence electrons. The smallest absolute Gasteiger partial charge is 0.261 e. The first kappa shape index (κ1) is 14.1. The van der Waals surface area contributed by atoms with E-state index in [1.165, 1.54) is 23.3 Å². The van der Waals surface area contributed by atoms with Crippen LogP contribution in [0.4, 0.5) is 0 Å². The van der Waals surface area contributed by atoms with Gasteiger partial charge in [0, 0.05) is 19.6 Å². The van der Waals surface area contributed by atoms with Gasteiger partial charge in [-0.15, -0.1) is 11.3 Å². The average Bonchev–Trinajstić information content (AvgIpc) is 3.02. The number of nitrogens with zero attached hydrogens (tertiary/aromatic N) is 1. The van der Waals surface area contributed by atoms with Gasteiger partial charge in [-0.2, -0.15) is 11.3 Å². The van der Waals surface area contributed by atoms with Crippen LogP contribution in [0.2, 0.25) is 4.34 Å². The third-order valence-corrected chi connectivity index (χ3v) is 5.44. The van der Waals surface area contributed by atoms with Crippen molar-refractivity contribution in [2.75, 3.05) is 19.6 Å². The van der Waals surface area contributed by atoms with Gasteiger partial charge in [-0.3, -0.25) is 9.69 Å². The highest BCUT2D eigenvalue weighted by molar-refractivity contribution is 7.18. The molecule has 0 aromatic carbocycles. The molecule has 1 atom stereocenters. The third kappa shape index (κ3) is 3.06. The Morgan fingerprint density at radius 1 is 1.40 bits per heavy atom. The van der Waals surface area contributed by atoms with Crippen LogP contribution >= 0.6 is 34.3 Å². The summed E-state index contributed by atoms with van der Waals surface area (Å²) in [5.74, 6) is -0.0392. The van der Waals surface area contributed by atoms with Crippen molar-refractivity contribution in [2.45, 2.75) is 12.5 Å². The molecule has 0 saturated carbocycles. The van der Waals surface area contributed by atoms with Gasteiger partial charge in [0.15, 0.2) is 0 Å². The van der Waals surface area contributed by atoms with Crippen molar-refractivity contribution in [1.82, 2.24) is 10.2 Å². The molecule has 0 aliphatic carbocycles. The van der Waals surface area contributed by atoms with Gasteiger partial charge >= 0.3 is 0 Å². The van der Waals surface area contributed by atoms with Crippen molar-refractivity contribution in [2.24, 2.45) is 0 Å². The molecule has 2 aromatic heterocycles. The van der Waals surface area contributed by atoms with E-state index in [0.29, 0.717) is 15.8 Å². The zero-order valence-corrected chi connectivity index (χ0v) is 13.2. The lowest BCUT2D eigenvalue weighted by molar-refractivity contribution is 0.0889. The number of thiophene rings is 2. The van der Waals surface area contributed by atoms with Crippen molar-refractivity contribution in [3.05, 3.63) is 43.7 Å². The van der Waals surface area contributed by atoms with Gasteiger partial charge in [-0.1, -0.05) is 11.6 Å². The highest BCUT2D eigenvalue weighted by Crippen LogP contribution is 2.27. The molecule has 2 aromatic rings. The van der Waals surface area contributed by atoms with Crippen molar-refractivity contribution in [3.63, 3.8) is 0 Å². The molecule has 20 heavy (non-hydrogen) atoms. The number of carbonyl (C=O) groups is 1. The number of likely N-dealkylation sites (tertiary alicyclic amines) is 1. The van der Waals surface area contributed by atoms with Gasteiger partial charge in [0.2, 0.25) is 0 Å². The average molecular weight is 327 g/mol. The van der Waals surface area contributed by atoms with Crippen LogP contribution in [-0.2, 0) is 0 Å². The molecule has 0 bridgehead atoms. The minimum Gasteiger partial charge on any atom is -0.349 e. The summed E-state index contributed by atoms with van der Waals surface area (Å²) in [5.41, 5.74) is 1.29. The largest absolute Gasteiger partial charge is 0.349 e. The van der Waals surface area contributed by atoms with E-state index < -0.39 is 0 Å². The Balaban J connectivity index is 1.63. The Bertz CT molecular complexity index is 578. The predicted octanol–water partition coefficient (Wildman–Crippen LogP) is 3.64. The molecule has 1 fully saturated rings. The minimum absolute atomic E-state index is 0.0392. The lowest BCUT2D eigenvalue weighted by Crippen LogP contribution is -2.44. The number of halogens is 1. The lowest BCUT2D eigenvalue weighted by Gasteiger charge is -2.38. The first-order valence-electron chi connectivity index (χ1n) is 6.54. The van der Waals surface area contributed by atoms with E-state index in [-0.39, 0.29) is 11.9 Å². The first-order chi connectivity index (χ1) is 9.74. The van der Waals surface area contributed by atoms with Gasteiger partial charge in [-0.25, -0.2) is 0 Å². The highest BCUT2D eigenvalue weighted by atomic mass is 35.5. The normalized spacial score (nSPS) is 16.6. The molecule has 0 spiro atoms. The standard InChI is InChI=1S/C14H15ClN2OS2/c15-13-3-2-12(20-13)14(18)16-8-11(17-5-1-6-17)10-4-7-19-9-10/h2-4,7,9,11H,1,5-6,8H2,(H,16,18)/t11-/m0/s1. The minimum atomic E-state index is -0.0392. The Labute approximate surface area is 131 Å². The zero-order valence-electron chi connectivity index (χ0n) is 10.8. The van der Waals surface area contributed by atoms with Crippen LogP contribution in [0.5, 0.6) is 0 Å². The summed E-state index contributed by atoms with van der Waals surface area (Å²) in [4.78, 5) is 15.2. The fraction of sp³-hybridized carbons (Fsp3) is 0.357.